The molecule has 0 amide bonds. The second kappa shape index (κ2) is 12.8. The molecule has 0 radical (unpaired) electrons. The SMILES string of the molecule is CCCC[Si](C)(C1=CC(C)[C-]=C1C)c1ccccc1.[Cl-].[Cl-].[Cl-].[Ti+4]. The zero-order valence-electron chi connectivity index (χ0n) is 14.3. The van der Waals surface area contributed by atoms with Gasteiger partial charge in [0.2, 0.25) is 0 Å². The molecule has 0 saturated heterocycles. The maximum Gasteiger partial charge on any atom is 4.00 e. The van der Waals surface area contributed by atoms with Crippen LogP contribution in [0.2, 0.25) is 12.6 Å². The van der Waals surface area contributed by atoms with Gasteiger partial charge in [0.25, 0.3) is 0 Å². The molecule has 0 nitrogen and oxygen atoms in total. The molecule has 5 heteroatoms. The fourth-order valence-electron chi connectivity index (χ4n) is 3.20. The molecule has 2 atom stereocenters. The number of rotatable bonds is 5. The van der Waals surface area contributed by atoms with Gasteiger partial charge < -0.3 is 37.2 Å². The molecule has 0 aromatic heterocycles. The van der Waals surface area contributed by atoms with E-state index in [1.807, 2.05) is 0 Å². The molecule has 0 aliphatic heterocycles. The summed E-state index contributed by atoms with van der Waals surface area (Å²) in [4.78, 5) is 0. The third-order valence-electron chi connectivity index (χ3n) is 4.30. The molecule has 1 aliphatic carbocycles. The standard InChI is InChI=1S/C18H25Si.3ClH.Ti/c1-5-6-12-19(4,17-10-8-7-9-11-17)18-14-15(2)13-16(18)3;;;;/h7-11,14-15H,5-6,12H2,1-4H3;3*1H;/q-1;;;;+4/p-3. The summed E-state index contributed by atoms with van der Waals surface area (Å²) in [6.45, 7) is 9.32. The van der Waals surface area contributed by atoms with E-state index in [4.69, 9.17) is 0 Å². The minimum atomic E-state index is -1.56. The second-order valence-corrected chi connectivity index (χ2v) is 10.2. The van der Waals surface area contributed by atoms with Crippen LogP contribution in [0.3, 0.4) is 0 Å². The van der Waals surface area contributed by atoms with Crippen LogP contribution in [-0.4, -0.2) is 8.07 Å². The molecule has 0 N–H and O–H groups in total. The molecule has 2 rings (SSSR count). The van der Waals surface area contributed by atoms with Crippen molar-refractivity contribution >= 4 is 13.3 Å². The van der Waals surface area contributed by atoms with Gasteiger partial charge in [-0.3, -0.25) is 6.08 Å². The van der Waals surface area contributed by atoms with Crippen LogP contribution < -0.4 is 42.4 Å². The Morgan fingerprint density at radius 3 is 2.09 bits per heavy atom. The van der Waals surface area contributed by atoms with E-state index >= 15 is 0 Å². The number of halogens is 3. The van der Waals surface area contributed by atoms with Gasteiger partial charge in [-0.05, 0) is 0 Å². The van der Waals surface area contributed by atoms with E-state index in [0.717, 1.165) is 0 Å². The average Bonchev–Trinajstić information content (AvgIpc) is 2.76. The monoisotopic (exact) mass is 422 g/mol. The molecule has 0 spiro atoms. The predicted molar refractivity (Wildman–Crippen MR) is 87.1 cm³/mol. The van der Waals surface area contributed by atoms with Crippen molar-refractivity contribution in [2.75, 3.05) is 0 Å². The van der Waals surface area contributed by atoms with E-state index in [9.17, 15) is 0 Å². The molecule has 23 heavy (non-hydrogen) atoms. The van der Waals surface area contributed by atoms with E-state index in [-0.39, 0.29) is 58.9 Å². The number of hydrogen-bond donors (Lipinski definition) is 0. The van der Waals surface area contributed by atoms with Crippen molar-refractivity contribution in [1.29, 1.82) is 0 Å². The topological polar surface area (TPSA) is 0 Å². The fraction of sp³-hybridized carbons (Fsp3) is 0.444. The van der Waals surface area contributed by atoms with Crippen LogP contribution in [0.4, 0.5) is 0 Å². The second-order valence-electron chi connectivity index (χ2n) is 5.94. The molecule has 0 heterocycles. The molecule has 0 fully saturated rings. The van der Waals surface area contributed by atoms with Crippen LogP contribution >= 0.6 is 0 Å². The molecular weight excluding hydrogens is 399 g/mol. The van der Waals surface area contributed by atoms with Crippen molar-refractivity contribution < 1.29 is 58.9 Å². The smallest absolute Gasteiger partial charge is 1.00 e. The minimum absolute atomic E-state index is 0. The van der Waals surface area contributed by atoms with Crippen LogP contribution in [0.15, 0.2) is 47.2 Å². The Labute approximate surface area is 176 Å². The summed E-state index contributed by atoms with van der Waals surface area (Å²) in [5.41, 5.74) is 1.40. The normalized spacial score (nSPS) is 18.0. The molecule has 1 aliphatic rings. The largest absolute Gasteiger partial charge is 4.00 e. The van der Waals surface area contributed by atoms with Crippen LogP contribution in [0, 0.1) is 12.0 Å². The van der Waals surface area contributed by atoms with Gasteiger partial charge in [-0.2, -0.15) is 11.3 Å². The molecular formula is C18H25Cl3SiTi. The van der Waals surface area contributed by atoms with E-state index in [1.54, 1.807) is 10.4 Å². The van der Waals surface area contributed by atoms with Crippen LogP contribution in [-0.2, 0) is 21.7 Å². The van der Waals surface area contributed by atoms with Gasteiger partial charge in [0.15, 0.2) is 0 Å². The summed E-state index contributed by atoms with van der Waals surface area (Å²) in [6, 6.07) is 12.5. The van der Waals surface area contributed by atoms with Gasteiger partial charge in [0, 0.05) is 8.07 Å². The third-order valence-corrected chi connectivity index (χ3v) is 8.99. The molecule has 0 bridgehead atoms. The first kappa shape index (κ1) is 28.3. The predicted octanol–water partition coefficient (Wildman–Crippen LogP) is -4.35. The first-order valence-corrected chi connectivity index (χ1v) is 10.2. The summed E-state index contributed by atoms with van der Waals surface area (Å²) < 4.78 is 0. The molecule has 0 saturated carbocycles. The maximum absolute atomic E-state index is 3.58. The Bertz CT molecular complexity index is 502. The van der Waals surface area contributed by atoms with Crippen molar-refractivity contribution in [3.05, 3.63) is 53.3 Å². The number of benzene rings is 1. The van der Waals surface area contributed by atoms with Gasteiger partial charge in [0.1, 0.15) is 0 Å². The Balaban J connectivity index is -0.000001000. The van der Waals surface area contributed by atoms with Gasteiger partial charge in [-0.1, -0.05) is 87.6 Å². The maximum atomic E-state index is 3.58. The van der Waals surface area contributed by atoms with Crippen molar-refractivity contribution in [2.45, 2.75) is 46.2 Å². The molecule has 1 aromatic carbocycles. The van der Waals surface area contributed by atoms with Gasteiger partial charge in [-0.25, -0.2) is 5.57 Å². The number of allylic oxidation sites excluding steroid dienone is 4. The molecule has 1 aromatic rings. The number of hydrogen-bond acceptors (Lipinski definition) is 0. The summed E-state index contributed by atoms with van der Waals surface area (Å²) >= 11 is 0. The van der Waals surface area contributed by atoms with Crippen molar-refractivity contribution in [1.82, 2.24) is 0 Å². The van der Waals surface area contributed by atoms with Crippen molar-refractivity contribution in [3.8, 4) is 0 Å². The number of unbranched alkanes of at least 4 members (excludes halogenated alkanes) is 1. The van der Waals surface area contributed by atoms with Crippen LogP contribution in [0.5, 0.6) is 0 Å². The van der Waals surface area contributed by atoms with Crippen LogP contribution in [0.1, 0.15) is 33.6 Å². The van der Waals surface area contributed by atoms with Crippen molar-refractivity contribution in [3.63, 3.8) is 0 Å². The Morgan fingerprint density at radius 2 is 1.65 bits per heavy atom. The van der Waals surface area contributed by atoms with E-state index in [1.165, 1.54) is 24.5 Å². The third kappa shape index (κ3) is 6.72. The Kier molecular flexibility index (Phi) is 15.8. The Hall–Kier alpha value is 0.501. The summed E-state index contributed by atoms with van der Waals surface area (Å²) in [6.07, 6.45) is 8.65. The molecule has 126 valence electrons. The summed E-state index contributed by atoms with van der Waals surface area (Å²) in [7, 11) is -1.56. The van der Waals surface area contributed by atoms with Crippen LogP contribution in [0.25, 0.3) is 0 Å². The Morgan fingerprint density at radius 1 is 1.09 bits per heavy atom. The zero-order chi connectivity index (χ0) is 13.9. The van der Waals surface area contributed by atoms with E-state index in [2.05, 4.69) is 69.8 Å². The average molecular weight is 424 g/mol. The van der Waals surface area contributed by atoms with E-state index in [0.29, 0.717) is 5.92 Å². The first-order valence-electron chi connectivity index (χ1n) is 7.46. The van der Waals surface area contributed by atoms with Gasteiger partial charge >= 0.3 is 21.7 Å². The first-order chi connectivity index (χ1) is 9.08. The zero-order valence-corrected chi connectivity index (χ0v) is 19.1. The summed E-state index contributed by atoms with van der Waals surface area (Å²) in [5.74, 6) is 0.493. The summed E-state index contributed by atoms with van der Waals surface area (Å²) in [5, 5.41) is 3.20. The quantitative estimate of drug-likeness (QED) is 0.332. The van der Waals surface area contributed by atoms with E-state index < -0.39 is 8.07 Å². The fourth-order valence-corrected chi connectivity index (χ4v) is 7.58. The van der Waals surface area contributed by atoms with Gasteiger partial charge in [0.05, 0.1) is 0 Å². The van der Waals surface area contributed by atoms with Gasteiger partial charge in [-0.15, -0.1) is 0 Å². The van der Waals surface area contributed by atoms with Crippen molar-refractivity contribution in [2.24, 2.45) is 5.92 Å². The minimum Gasteiger partial charge on any atom is -1.00 e. The molecule has 2 unspecified atom stereocenters.